The lowest BCUT2D eigenvalue weighted by atomic mass is 10.8. The van der Waals surface area contributed by atoms with Gasteiger partial charge in [0.1, 0.15) is 0 Å². The van der Waals surface area contributed by atoms with E-state index in [2.05, 4.69) is 4.74 Å². The molecule has 0 aromatic heterocycles. The van der Waals surface area contributed by atoms with Gasteiger partial charge < -0.3 is 15.6 Å². The van der Waals surface area contributed by atoms with Gasteiger partial charge in [-0.2, -0.15) is 0 Å². The van der Waals surface area contributed by atoms with E-state index >= 15 is 0 Å². The molecule has 0 radical (unpaired) electrons. The fourth-order valence-electron chi connectivity index (χ4n) is 0.203. The van der Waals surface area contributed by atoms with E-state index in [1.807, 2.05) is 6.92 Å². The van der Waals surface area contributed by atoms with Crippen LogP contribution in [0.5, 0.6) is 0 Å². The van der Waals surface area contributed by atoms with Crippen molar-refractivity contribution in [3.05, 3.63) is 0 Å². The highest BCUT2D eigenvalue weighted by atomic mass is 16.5. The van der Waals surface area contributed by atoms with Crippen LogP contribution in [0.15, 0.2) is 0 Å². The third-order valence-corrected chi connectivity index (χ3v) is 0.348. The lowest BCUT2D eigenvalue weighted by molar-refractivity contribution is -0.140. The molecule has 3 N–H and O–H groups in total. The molecule has 0 amide bonds. The molecule has 0 aliphatic carbocycles. The minimum atomic E-state index is -0.211. The maximum atomic E-state index is 9.82. The standard InChI is InChI=1S/C4H8O2.C2H7N.C2H6O/c1-3-6-4(2)5;2*1-2-3/h3H2,1-2H3;2-3H2,1H3;3H,2H2,1H3. The second-order valence-corrected chi connectivity index (χ2v) is 1.65. The summed E-state index contributed by atoms with van der Waals surface area (Å²) in [5.74, 6) is -0.211. The molecule has 0 fully saturated rings. The molecule has 0 spiro atoms. The molecule has 0 heterocycles. The minimum Gasteiger partial charge on any atom is -0.466 e. The maximum Gasteiger partial charge on any atom is 0.302 e. The summed E-state index contributed by atoms with van der Waals surface area (Å²) in [6.45, 7) is 8.24. The van der Waals surface area contributed by atoms with Gasteiger partial charge in [0, 0.05) is 13.5 Å². The van der Waals surface area contributed by atoms with Crippen molar-refractivity contribution in [1.82, 2.24) is 0 Å². The number of rotatable bonds is 1. The van der Waals surface area contributed by atoms with Crippen LogP contribution in [0.3, 0.4) is 0 Å². The number of aliphatic hydroxyl groups is 1. The SMILES string of the molecule is CCN.CCO.CCOC(C)=O. The van der Waals surface area contributed by atoms with Gasteiger partial charge in [-0.25, -0.2) is 0 Å². The second kappa shape index (κ2) is 22.4. The van der Waals surface area contributed by atoms with Crippen molar-refractivity contribution in [1.29, 1.82) is 0 Å². The van der Waals surface area contributed by atoms with E-state index in [9.17, 15) is 4.79 Å². The molecule has 0 rings (SSSR count). The molecule has 0 aliphatic heterocycles. The van der Waals surface area contributed by atoms with E-state index in [-0.39, 0.29) is 12.6 Å². The normalized spacial score (nSPS) is 6.83. The van der Waals surface area contributed by atoms with Gasteiger partial charge >= 0.3 is 5.97 Å². The average molecular weight is 179 g/mol. The zero-order chi connectivity index (χ0) is 10.4. The first kappa shape index (κ1) is 17.5. The Balaban J connectivity index is -0.000000115. The van der Waals surface area contributed by atoms with E-state index in [0.29, 0.717) is 6.61 Å². The number of ether oxygens (including phenoxy) is 1. The van der Waals surface area contributed by atoms with Crippen LogP contribution in [0, 0.1) is 0 Å². The number of hydrogen-bond donors (Lipinski definition) is 2. The lowest BCUT2D eigenvalue weighted by Gasteiger charge is -1.89. The zero-order valence-corrected chi connectivity index (χ0v) is 8.46. The molecule has 0 atom stereocenters. The molecule has 0 saturated heterocycles. The van der Waals surface area contributed by atoms with Crippen molar-refractivity contribution < 1.29 is 14.6 Å². The van der Waals surface area contributed by atoms with Crippen LogP contribution in [-0.2, 0) is 9.53 Å². The van der Waals surface area contributed by atoms with E-state index in [0.717, 1.165) is 6.54 Å². The van der Waals surface area contributed by atoms with Gasteiger partial charge in [-0.3, -0.25) is 4.79 Å². The first-order valence-corrected chi connectivity index (χ1v) is 4.04. The zero-order valence-electron chi connectivity index (χ0n) is 8.46. The predicted octanol–water partition coefficient (Wildman–Crippen LogP) is 0.533. The average Bonchev–Trinajstić information content (AvgIpc) is 1.89. The molecule has 76 valence electrons. The number of carbonyl (C=O) groups is 1. The van der Waals surface area contributed by atoms with Gasteiger partial charge in [0.25, 0.3) is 0 Å². The van der Waals surface area contributed by atoms with Gasteiger partial charge in [-0.05, 0) is 20.4 Å². The molecule has 0 bridgehead atoms. The summed E-state index contributed by atoms with van der Waals surface area (Å²) in [5, 5.41) is 7.57. The van der Waals surface area contributed by atoms with Crippen LogP contribution >= 0.6 is 0 Å². The van der Waals surface area contributed by atoms with Crippen molar-refractivity contribution in [3.63, 3.8) is 0 Å². The largest absolute Gasteiger partial charge is 0.466 e. The molecular formula is C8H21NO3. The third-order valence-electron chi connectivity index (χ3n) is 0.348. The van der Waals surface area contributed by atoms with Crippen LogP contribution in [-0.4, -0.2) is 30.8 Å². The Bertz CT molecular complexity index is 74.7. The summed E-state index contributed by atoms with van der Waals surface area (Å²) < 4.78 is 4.40. The molecule has 0 aromatic carbocycles. The summed E-state index contributed by atoms with van der Waals surface area (Å²) in [6, 6.07) is 0. The summed E-state index contributed by atoms with van der Waals surface area (Å²) in [6.07, 6.45) is 0. The van der Waals surface area contributed by atoms with Gasteiger partial charge in [0.2, 0.25) is 0 Å². The Morgan fingerprint density at radius 1 is 1.42 bits per heavy atom. The van der Waals surface area contributed by atoms with Crippen molar-refractivity contribution in [2.45, 2.75) is 27.7 Å². The highest BCUT2D eigenvalue weighted by Crippen LogP contribution is 1.69. The maximum absolute atomic E-state index is 9.82. The molecule has 4 nitrogen and oxygen atoms in total. The van der Waals surface area contributed by atoms with E-state index < -0.39 is 0 Å². The Morgan fingerprint density at radius 3 is 1.67 bits per heavy atom. The van der Waals surface area contributed by atoms with Crippen molar-refractivity contribution >= 4 is 5.97 Å². The number of esters is 1. The number of aliphatic hydroxyl groups excluding tert-OH is 1. The third kappa shape index (κ3) is 116. The molecule has 4 heteroatoms. The first-order valence-electron chi connectivity index (χ1n) is 4.04. The Kier molecular flexibility index (Phi) is 32.7. The Labute approximate surface area is 74.7 Å². The monoisotopic (exact) mass is 179 g/mol. The smallest absolute Gasteiger partial charge is 0.302 e. The second-order valence-electron chi connectivity index (χ2n) is 1.65. The van der Waals surface area contributed by atoms with Crippen molar-refractivity contribution in [2.75, 3.05) is 19.8 Å². The fraction of sp³-hybridized carbons (Fsp3) is 0.875. The molecule has 0 aliphatic rings. The van der Waals surface area contributed by atoms with Crippen molar-refractivity contribution in [3.8, 4) is 0 Å². The molecule has 0 aromatic rings. The predicted molar refractivity (Wildman–Crippen MR) is 49.8 cm³/mol. The quantitative estimate of drug-likeness (QED) is 0.576. The van der Waals surface area contributed by atoms with Gasteiger partial charge in [0.15, 0.2) is 0 Å². The van der Waals surface area contributed by atoms with Crippen LogP contribution < -0.4 is 5.73 Å². The van der Waals surface area contributed by atoms with Crippen LogP contribution in [0.1, 0.15) is 27.7 Å². The van der Waals surface area contributed by atoms with Gasteiger partial charge in [-0.1, -0.05) is 6.92 Å². The number of carbonyl (C=O) groups excluding carboxylic acids is 1. The van der Waals surface area contributed by atoms with E-state index in [1.165, 1.54) is 6.92 Å². The number of nitrogens with two attached hydrogens (primary N) is 1. The minimum absolute atomic E-state index is 0.211. The van der Waals surface area contributed by atoms with Crippen LogP contribution in [0.25, 0.3) is 0 Å². The van der Waals surface area contributed by atoms with Crippen LogP contribution in [0.4, 0.5) is 0 Å². The van der Waals surface area contributed by atoms with Crippen LogP contribution in [0.2, 0.25) is 0 Å². The first-order chi connectivity index (χ1) is 5.60. The summed E-state index contributed by atoms with van der Waals surface area (Å²) in [7, 11) is 0. The lowest BCUT2D eigenvalue weighted by Crippen LogP contribution is -1.95. The Morgan fingerprint density at radius 2 is 1.67 bits per heavy atom. The van der Waals surface area contributed by atoms with E-state index in [1.54, 1.807) is 13.8 Å². The Hall–Kier alpha value is -0.610. The molecule has 0 saturated carbocycles. The highest BCUT2D eigenvalue weighted by molar-refractivity contribution is 5.65. The molecule has 0 unspecified atom stereocenters. The summed E-state index contributed by atoms with van der Waals surface area (Å²) in [4.78, 5) is 9.82. The van der Waals surface area contributed by atoms with Crippen molar-refractivity contribution in [2.24, 2.45) is 5.73 Å². The summed E-state index contributed by atoms with van der Waals surface area (Å²) >= 11 is 0. The van der Waals surface area contributed by atoms with E-state index in [4.69, 9.17) is 10.8 Å². The number of hydrogen-bond acceptors (Lipinski definition) is 4. The summed E-state index contributed by atoms with van der Waals surface area (Å²) in [5.41, 5.74) is 4.85. The molecular weight excluding hydrogens is 158 g/mol. The topological polar surface area (TPSA) is 72.6 Å². The fourth-order valence-corrected chi connectivity index (χ4v) is 0.203. The molecule has 12 heavy (non-hydrogen) atoms. The van der Waals surface area contributed by atoms with Gasteiger partial charge in [0.05, 0.1) is 6.61 Å². The van der Waals surface area contributed by atoms with Gasteiger partial charge in [-0.15, -0.1) is 0 Å². The highest BCUT2D eigenvalue weighted by Gasteiger charge is 1.81.